The molecule has 2 N–H and O–H groups in total. The molecule has 1 aromatic heterocycles. The van der Waals surface area contributed by atoms with Crippen molar-refractivity contribution in [1.82, 2.24) is 4.98 Å². The summed E-state index contributed by atoms with van der Waals surface area (Å²) in [5.74, 6) is 0. The lowest BCUT2D eigenvalue weighted by Gasteiger charge is -2.10. The summed E-state index contributed by atoms with van der Waals surface area (Å²) in [4.78, 5) is 2.82. The first-order chi connectivity index (χ1) is 6.75. The van der Waals surface area contributed by atoms with Gasteiger partial charge >= 0.3 is 0 Å². The minimum Gasteiger partial charge on any atom is -0.397 e. The summed E-state index contributed by atoms with van der Waals surface area (Å²) >= 11 is 0. The van der Waals surface area contributed by atoms with Crippen molar-refractivity contribution in [2.75, 3.05) is 5.73 Å². The van der Waals surface area contributed by atoms with Crippen LogP contribution in [0.5, 0.6) is 0 Å². The normalized spacial score (nSPS) is 12.1. The minimum absolute atomic E-state index is 0.134. The van der Waals surface area contributed by atoms with Crippen molar-refractivity contribution in [1.29, 1.82) is 0 Å². The van der Waals surface area contributed by atoms with Gasteiger partial charge in [0, 0.05) is 16.9 Å². The number of aromatic nitrogens is 1. The molecule has 0 fully saturated rings. The average Bonchev–Trinajstić information content (AvgIpc) is 2.06. The van der Waals surface area contributed by atoms with Gasteiger partial charge in [0.25, 0.3) is 15.5 Å². The molecule has 0 bridgehead atoms. The van der Waals surface area contributed by atoms with E-state index in [2.05, 4.69) is 4.98 Å². The summed E-state index contributed by atoms with van der Waals surface area (Å²) < 4.78 is 47.1. The minimum atomic E-state index is -4.27. The maximum absolute atomic E-state index is 12.6. The fourth-order valence-electron chi connectivity index (χ4n) is 1.04. The van der Waals surface area contributed by atoms with Gasteiger partial charge < -0.3 is 5.73 Å². The maximum atomic E-state index is 12.6. The molecule has 0 aliphatic carbocycles. The summed E-state index contributed by atoms with van der Waals surface area (Å²) in [7, 11) is 0.707. The molecular formula is C7H7ClF2N2O2S. The van der Waals surface area contributed by atoms with E-state index in [1.807, 2.05) is 0 Å². The predicted molar refractivity (Wildman–Crippen MR) is 51.4 cm³/mol. The zero-order valence-corrected chi connectivity index (χ0v) is 9.11. The van der Waals surface area contributed by atoms with Gasteiger partial charge in [-0.1, -0.05) is 0 Å². The highest BCUT2D eigenvalue weighted by atomic mass is 35.7. The Morgan fingerprint density at radius 3 is 2.47 bits per heavy atom. The van der Waals surface area contributed by atoms with Crippen LogP contribution in [-0.4, -0.2) is 13.4 Å². The van der Waals surface area contributed by atoms with Crippen LogP contribution in [-0.2, 0) is 9.05 Å². The highest BCUT2D eigenvalue weighted by Gasteiger charge is 2.25. The zero-order chi connectivity index (χ0) is 11.8. The van der Waals surface area contributed by atoms with Gasteiger partial charge in [0.2, 0.25) is 0 Å². The number of rotatable bonds is 2. The quantitative estimate of drug-likeness (QED) is 0.820. The lowest BCUT2D eigenvalue weighted by molar-refractivity contribution is 0.148. The Kier molecular flexibility index (Phi) is 3.15. The van der Waals surface area contributed by atoms with E-state index in [0.29, 0.717) is 0 Å². The number of anilines is 1. The van der Waals surface area contributed by atoms with E-state index in [0.717, 1.165) is 6.20 Å². The number of alkyl halides is 2. The molecular weight excluding hydrogens is 250 g/mol. The Morgan fingerprint density at radius 1 is 1.53 bits per heavy atom. The second-order valence-electron chi connectivity index (χ2n) is 2.77. The molecule has 1 heterocycles. The largest absolute Gasteiger partial charge is 0.397 e. The molecule has 0 aromatic carbocycles. The molecule has 0 amide bonds. The van der Waals surface area contributed by atoms with Crippen LogP contribution >= 0.6 is 10.7 Å². The standard InChI is InChI=1S/C7H7ClF2N2O2S/c1-3-6(11)5(7(9)10)4(2-12-3)15(8,13)14/h2,7H,11H2,1H3. The van der Waals surface area contributed by atoms with Crippen LogP contribution in [0.25, 0.3) is 0 Å². The number of aryl methyl sites for hydroxylation is 1. The molecule has 0 spiro atoms. The van der Waals surface area contributed by atoms with Crippen molar-refractivity contribution in [3.8, 4) is 0 Å². The van der Waals surface area contributed by atoms with Crippen molar-refractivity contribution in [2.45, 2.75) is 18.2 Å². The van der Waals surface area contributed by atoms with E-state index in [1.165, 1.54) is 6.92 Å². The number of nitrogens with zero attached hydrogens (tertiary/aromatic N) is 1. The molecule has 84 valence electrons. The third kappa shape index (κ3) is 2.35. The lowest BCUT2D eigenvalue weighted by Crippen LogP contribution is -2.06. The van der Waals surface area contributed by atoms with Gasteiger partial charge in [0.1, 0.15) is 4.90 Å². The van der Waals surface area contributed by atoms with E-state index in [9.17, 15) is 17.2 Å². The van der Waals surface area contributed by atoms with Crippen LogP contribution in [0.1, 0.15) is 17.7 Å². The van der Waals surface area contributed by atoms with Crippen LogP contribution in [0.15, 0.2) is 11.1 Å². The van der Waals surface area contributed by atoms with Gasteiger partial charge in [-0.3, -0.25) is 4.98 Å². The molecule has 0 saturated carbocycles. The Balaban J connectivity index is 3.62. The van der Waals surface area contributed by atoms with Crippen molar-refractivity contribution < 1.29 is 17.2 Å². The molecule has 0 radical (unpaired) electrons. The molecule has 0 saturated heterocycles. The third-order valence-corrected chi connectivity index (χ3v) is 3.15. The van der Waals surface area contributed by atoms with Crippen molar-refractivity contribution in [3.05, 3.63) is 17.5 Å². The molecule has 0 atom stereocenters. The van der Waals surface area contributed by atoms with Crippen molar-refractivity contribution in [3.63, 3.8) is 0 Å². The predicted octanol–water partition coefficient (Wildman–Crippen LogP) is 1.84. The number of nitrogens with two attached hydrogens (primary N) is 1. The van der Waals surface area contributed by atoms with E-state index in [1.54, 1.807) is 0 Å². The molecule has 4 nitrogen and oxygen atoms in total. The summed E-state index contributed by atoms with van der Waals surface area (Å²) in [5, 5.41) is 0. The van der Waals surface area contributed by atoms with Gasteiger partial charge in [-0.05, 0) is 6.92 Å². The number of halogens is 3. The van der Waals surface area contributed by atoms with E-state index < -0.39 is 25.9 Å². The van der Waals surface area contributed by atoms with Crippen LogP contribution in [0.4, 0.5) is 14.5 Å². The zero-order valence-electron chi connectivity index (χ0n) is 7.54. The lowest BCUT2D eigenvalue weighted by atomic mass is 10.2. The second kappa shape index (κ2) is 3.90. The number of hydrogen-bond donors (Lipinski definition) is 1. The van der Waals surface area contributed by atoms with Crippen LogP contribution in [0.2, 0.25) is 0 Å². The highest BCUT2D eigenvalue weighted by molar-refractivity contribution is 8.13. The van der Waals surface area contributed by atoms with Gasteiger partial charge in [-0.25, -0.2) is 17.2 Å². The molecule has 1 rings (SSSR count). The maximum Gasteiger partial charge on any atom is 0.267 e. The summed E-state index contributed by atoms with van der Waals surface area (Å²) in [6.07, 6.45) is -2.24. The molecule has 0 aliphatic heterocycles. The van der Waals surface area contributed by atoms with Gasteiger partial charge in [-0.2, -0.15) is 0 Å². The van der Waals surface area contributed by atoms with Crippen LogP contribution < -0.4 is 5.73 Å². The summed E-state index contributed by atoms with van der Waals surface area (Å²) in [6.45, 7) is 1.39. The Bertz CT molecular complexity index is 490. The van der Waals surface area contributed by atoms with Gasteiger partial charge in [0.15, 0.2) is 0 Å². The number of hydrogen-bond acceptors (Lipinski definition) is 4. The Hall–Kier alpha value is -0.950. The Labute approximate surface area is 89.5 Å². The molecule has 1 aromatic rings. The second-order valence-corrected chi connectivity index (χ2v) is 5.31. The molecule has 8 heteroatoms. The van der Waals surface area contributed by atoms with Crippen LogP contribution in [0, 0.1) is 6.92 Å². The monoisotopic (exact) mass is 256 g/mol. The van der Waals surface area contributed by atoms with Crippen molar-refractivity contribution in [2.24, 2.45) is 0 Å². The van der Waals surface area contributed by atoms with E-state index in [-0.39, 0.29) is 11.4 Å². The van der Waals surface area contributed by atoms with E-state index in [4.69, 9.17) is 16.4 Å². The average molecular weight is 257 g/mol. The SMILES string of the molecule is Cc1ncc(S(=O)(=O)Cl)c(C(F)F)c1N. The topological polar surface area (TPSA) is 73.0 Å². The fraction of sp³-hybridized carbons (Fsp3) is 0.286. The first-order valence-electron chi connectivity index (χ1n) is 3.73. The molecule has 0 aliphatic rings. The van der Waals surface area contributed by atoms with Gasteiger partial charge in [0.05, 0.1) is 16.9 Å². The smallest absolute Gasteiger partial charge is 0.267 e. The number of nitrogen functional groups attached to an aromatic ring is 1. The first-order valence-corrected chi connectivity index (χ1v) is 6.04. The molecule has 0 unspecified atom stereocenters. The van der Waals surface area contributed by atoms with Crippen LogP contribution in [0.3, 0.4) is 0 Å². The van der Waals surface area contributed by atoms with E-state index >= 15 is 0 Å². The highest BCUT2D eigenvalue weighted by Crippen LogP contribution is 2.33. The van der Waals surface area contributed by atoms with Gasteiger partial charge in [-0.15, -0.1) is 0 Å². The number of pyridine rings is 1. The Morgan fingerprint density at radius 2 is 2.07 bits per heavy atom. The first kappa shape index (κ1) is 12.1. The molecule has 15 heavy (non-hydrogen) atoms. The summed E-state index contributed by atoms with van der Waals surface area (Å²) in [6, 6.07) is 0. The van der Waals surface area contributed by atoms with Crippen molar-refractivity contribution >= 4 is 25.4 Å². The fourth-order valence-corrected chi connectivity index (χ4v) is 2.05. The summed E-state index contributed by atoms with van der Waals surface area (Å²) in [5.41, 5.74) is 4.30. The third-order valence-electron chi connectivity index (χ3n) is 1.80.